The normalized spacial score (nSPS) is 10.8. The molecule has 6 nitrogen and oxygen atoms in total. The zero-order valence-corrected chi connectivity index (χ0v) is 14.9. The molecule has 5 N–H and O–H groups in total. The van der Waals surface area contributed by atoms with Crippen molar-refractivity contribution in [2.45, 2.75) is 26.7 Å². The van der Waals surface area contributed by atoms with Gasteiger partial charge in [-0.2, -0.15) is 0 Å². The number of nitrogens with zero attached hydrogens (tertiary/aromatic N) is 3. The molecule has 4 aromatic rings. The summed E-state index contributed by atoms with van der Waals surface area (Å²) in [5.74, 6) is 1.05. The number of aromatic amines is 1. The summed E-state index contributed by atoms with van der Waals surface area (Å²) in [4.78, 5) is 11.4. The van der Waals surface area contributed by atoms with Crippen molar-refractivity contribution in [1.29, 1.82) is 0 Å². The third-order valence-corrected chi connectivity index (χ3v) is 4.17. The summed E-state index contributed by atoms with van der Waals surface area (Å²) in [5.41, 5.74) is 17.8. The van der Waals surface area contributed by atoms with Crippen LogP contribution in [0.1, 0.15) is 24.5 Å². The number of imidazole rings is 2. The Morgan fingerprint density at radius 3 is 2.60 bits per heavy atom. The minimum absolute atomic E-state index is 0.489. The Morgan fingerprint density at radius 2 is 1.84 bits per heavy atom. The third-order valence-electron chi connectivity index (χ3n) is 4.17. The highest BCUT2D eigenvalue weighted by Crippen LogP contribution is 2.17. The molecule has 0 bridgehead atoms. The molecule has 0 fully saturated rings. The number of rotatable bonds is 2. The van der Waals surface area contributed by atoms with Gasteiger partial charge in [-0.15, -0.1) is 0 Å². The van der Waals surface area contributed by atoms with E-state index in [1.165, 1.54) is 11.1 Å². The molecule has 2 aromatic heterocycles. The highest BCUT2D eigenvalue weighted by molar-refractivity contribution is 5.79. The number of hydrogen-bond donors (Lipinski definition) is 3. The fourth-order valence-corrected chi connectivity index (χ4v) is 2.85. The second kappa shape index (κ2) is 6.84. The molecule has 2 heterocycles. The van der Waals surface area contributed by atoms with Crippen LogP contribution in [0.15, 0.2) is 36.4 Å². The smallest absolute Gasteiger partial charge is 0.200 e. The Morgan fingerprint density at radius 1 is 1.04 bits per heavy atom. The number of fused-ring (bicyclic) bond motifs is 2. The summed E-state index contributed by atoms with van der Waals surface area (Å²) in [6.45, 7) is 4.22. The van der Waals surface area contributed by atoms with Gasteiger partial charge in [0.05, 0.1) is 22.1 Å². The molecule has 0 saturated heterocycles. The van der Waals surface area contributed by atoms with Crippen molar-refractivity contribution in [3.05, 3.63) is 47.5 Å². The fraction of sp³-hybridized carbons (Fsp3) is 0.263. The Hall–Kier alpha value is -3.02. The van der Waals surface area contributed by atoms with E-state index in [0.29, 0.717) is 11.9 Å². The first-order valence-electron chi connectivity index (χ1n) is 8.40. The maximum absolute atomic E-state index is 5.65. The summed E-state index contributed by atoms with van der Waals surface area (Å²) in [5, 5.41) is 0. The first-order valence-corrected chi connectivity index (χ1v) is 8.40. The predicted molar refractivity (Wildman–Crippen MR) is 104 cm³/mol. The molecule has 25 heavy (non-hydrogen) atoms. The zero-order valence-electron chi connectivity index (χ0n) is 14.9. The molecule has 0 saturated carbocycles. The molecule has 0 atom stereocenters. The van der Waals surface area contributed by atoms with Crippen LogP contribution >= 0.6 is 0 Å². The van der Waals surface area contributed by atoms with Crippen molar-refractivity contribution in [3.8, 4) is 0 Å². The molecular formula is C19H24N6. The Bertz CT molecular complexity index is 1010. The maximum atomic E-state index is 5.65. The van der Waals surface area contributed by atoms with Gasteiger partial charge < -0.3 is 21.0 Å². The van der Waals surface area contributed by atoms with Crippen LogP contribution in [0.3, 0.4) is 0 Å². The van der Waals surface area contributed by atoms with E-state index >= 15 is 0 Å². The van der Waals surface area contributed by atoms with Gasteiger partial charge in [0.25, 0.3) is 0 Å². The van der Waals surface area contributed by atoms with Gasteiger partial charge in [0.15, 0.2) is 5.95 Å². The number of H-pyrrole nitrogens is 1. The van der Waals surface area contributed by atoms with Crippen molar-refractivity contribution in [2.24, 2.45) is 7.05 Å². The van der Waals surface area contributed by atoms with E-state index in [-0.39, 0.29) is 0 Å². The van der Waals surface area contributed by atoms with Gasteiger partial charge in [-0.25, -0.2) is 9.97 Å². The number of hydrogen-bond acceptors (Lipinski definition) is 4. The first kappa shape index (κ1) is 16.8. The average Bonchev–Trinajstić information content (AvgIpc) is 3.07. The van der Waals surface area contributed by atoms with E-state index in [9.17, 15) is 0 Å². The van der Waals surface area contributed by atoms with Gasteiger partial charge >= 0.3 is 0 Å². The largest absolute Gasteiger partial charge is 0.369 e. The van der Waals surface area contributed by atoms with E-state index in [1.807, 2.05) is 36.7 Å². The van der Waals surface area contributed by atoms with Crippen LogP contribution in [0.25, 0.3) is 22.1 Å². The molecule has 0 radical (unpaired) electrons. The lowest BCUT2D eigenvalue weighted by molar-refractivity contribution is 0.923. The number of aromatic nitrogens is 4. The van der Waals surface area contributed by atoms with Crippen LogP contribution < -0.4 is 11.5 Å². The monoisotopic (exact) mass is 336 g/mol. The summed E-state index contributed by atoms with van der Waals surface area (Å²) in [6.07, 6.45) is 2.27. The van der Waals surface area contributed by atoms with Gasteiger partial charge in [-0.1, -0.05) is 25.5 Å². The highest BCUT2D eigenvalue weighted by atomic mass is 15.1. The van der Waals surface area contributed by atoms with Gasteiger partial charge in [0.2, 0.25) is 5.95 Å². The summed E-state index contributed by atoms with van der Waals surface area (Å²) in [6, 6.07) is 12.4. The minimum atomic E-state index is 0.489. The van der Waals surface area contributed by atoms with Crippen LogP contribution in [-0.2, 0) is 13.5 Å². The molecule has 2 aromatic carbocycles. The molecule has 6 heteroatoms. The lowest BCUT2D eigenvalue weighted by Gasteiger charge is -1.96. The summed E-state index contributed by atoms with van der Waals surface area (Å²) < 4.78 is 1.88. The Labute approximate surface area is 146 Å². The molecule has 0 amide bonds. The van der Waals surface area contributed by atoms with Crippen LogP contribution in [0, 0.1) is 6.92 Å². The van der Waals surface area contributed by atoms with Crippen LogP contribution in [0.4, 0.5) is 11.9 Å². The molecular weight excluding hydrogens is 312 g/mol. The SMILES string of the molecule is CCCc1ccc2nc(N)[nH]c2c1.Cc1ccc2c(c1)nc(N)n2C. The van der Waals surface area contributed by atoms with E-state index in [0.717, 1.165) is 34.9 Å². The van der Waals surface area contributed by atoms with Gasteiger partial charge in [-0.3, -0.25) is 0 Å². The average molecular weight is 336 g/mol. The molecule has 0 spiro atoms. The Balaban J connectivity index is 0.000000146. The predicted octanol–water partition coefficient (Wildman–Crippen LogP) is 3.56. The highest BCUT2D eigenvalue weighted by Gasteiger charge is 2.03. The second-order valence-corrected chi connectivity index (χ2v) is 6.24. The van der Waals surface area contributed by atoms with Crippen LogP contribution in [0.5, 0.6) is 0 Å². The van der Waals surface area contributed by atoms with Crippen molar-refractivity contribution in [3.63, 3.8) is 0 Å². The number of nitrogen functional groups attached to an aromatic ring is 2. The number of nitrogens with two attached hydrogens (primary N) is 2. The quantitative estimate of drug-likeness (QED) is 0.521. The van der Waals surface area contributed by atoms with Gasteiger partial charge in [-0.05, 0) is 48.7 Å². The van der Waals surface area contributed by atoms with Gasteiger partial charge in [0.1, 0.15) is 0 Å². The maximum Gasteiger partial charge on any atom is 0.200 e. The minimum Gasteiger partial charge on any atom is -0.369 e. The number of anilines is 2. The molecule has 130 valence electrons. The number of benzene rings is 2. The topological polar surface area (TPSA) is 98.5 Å². The molecule has 0 aliphatic rings. The van der Waals surface area contributed by atoms with E-state index in [2.05, 4.69) is 40.1 Å². The van der Waals surface area contributed by atoms with E-state index in [1.54, 1.807) is 0 Å². The molecule has 4 rings (SSSR count). The lowest BCUT2D eigenvalue weighted by atomic mass is 10.1. The van der Waals surface area contributed by atoms with Crippen molar-refractivity contribution in [1.82, 2.24) is 19.5 Å². The fourth-order valence-electron chi connectivity index (χ4n) is 2.85. The summed E-state index contributed by atoms with van der Waals surface area (Å²) >= 11 is 0. The number of aryl methyl sites for hydroxylation is 3. The second-order valence-electron chi connectivity index (χ2n) is 6.24. The van der Waals surface area contributed by atoms with E-state index in [4.69, 9.17) is 11.5 Å². The van der Waals surface area contributed by atoms with Crippen LogP contribution in [0.2, 0.25) is 0 Å². The van der Waals surface area contributed by atoms with Crippen molar-refractivity contribution < 1.29 is 0 Å². The third kappa shape index (κ3) is 3.57. The van der Waals surface area contributed by atoms with Crippen molar-refractivity contribution in [2.75, 3.05) is 11.5 Å². The van der Waals surface area contributed by atoms with Crippen LogP contribution in [-0.4, -0.2) is 19.5 Å². The van der Waals surface area contributed by atoms with E-state index < -0.39 is 0 Å². The molecule has 0 aliphatic heterocycles. The molecule has 0 unspecified atom stereocenters. The summed E-state index contributed by atoms with van der Waals surface area (Å²) in [7, 11) is 1.92. The zero-order chi connectivity index (χ0) is 18.0. The molecule has 0 aliphatic carbocycles. The standard InChI is InChI=1S/C10H13N3.C9H11N3/c1-2-3-7-4-5-8-9(6-7)13-10(11)12-8;1-6-3-4-8-7(5-6)11-9(10)12(8)2/h4-6H,2-3H2,1H3,(H3,11,12,13);3-5H,1-2H3,(H2,10,11). The Kier molecular flexibility index (Phi) is 4.61. The number of nitrogens with one attached hydrogen (secondary N) is 1. The van der Waals surface area contributed by atoms with Gasteiger partial charge in [0, 0.05) is 7.05 Å². The lowest BCUT2D eigenvalue weighted by Crippen LogP contribution is -1.95. The van der Waals surface area contributed by atoms with Crippen molar-refractivity contribution >= 4 is 34.0 Å². The first-order chi connectivity index (χ1) is 12.0.